The molecule has 1 N–H and O–H groups in total. The summed E-state index contributed by atoms with van der Waals surface area (Å²) >= 11 is 1.49. The highest BCUT2D eigenvalue weighted by molar-refractivity contribution is 7.10. The number of hydrogen-bond acceptors (Lipinski definition) is 3. The van der Waals surface area contributed by atoms with E-state index in [-0.39, 0.29) is 12.5 Å². The monoisotopic (exact) mass is 277 g/mol. The highest BCUT2D eigenvalue weighted by Crippen LogP contribution is 2.24. The molecule has 1 fully saturated rings. The van der Waals surface area contributed by atoms with Crippen molar-refractivity contribution < 1.29 is 9.90 Å². The predicted molar refractivity (Wildman–Crippen MR) is 77.2 cm³/mol. The Morgan fingerprint density at radius 3 is 3.21 bits per heavy atom. The van der Waals surface area contributed by atoms with Crippen LogP contribution in [0.25, 0.3) is 0 Å². The van der Waals surface area contributed by atoms with E-state index in [1.54, 1.807) is 0 Å². The Labute approximate surface area is 118 Å². The third-order valence-corrected chi connectivity index (χ3v) is 4.25. The zero-order valence-electron chi connectivity index (χ0n) is 11.2. The number of rotatable bonds is 3. The number of nitrogens with zero attached hydrogens (tertiary/aromatic N) is 1. The highest BCUT2D eigenvalue weighted by atomic mass is 32.1. The summed E-state index contributed by atoms with van der Waals surface area (Å²) in [6.07, 6.45) is 3.73. The molecule has 0 bridgehead atoms. The fraction of sp³-hybridized carbons (Fsp3) is 0.533. The third kappa shape index (κ3) is 3.37. The van der Waals surface area contributed by atoms with Gasteiger partial charge in [-0.2, -0.15) is 0 Å². The molecule has 1 aromatic rings. The second-order valence-corrected chi connectivity index (χ2v) is 5.59. The van der Waals surface area contributed by atoms with Crippen LogP contribution in [-0.4, -0.2) is 35.1 Å². The fourth-order valence-electron chi connectivity index (χ4n) is 2.41. The van der Waals surface area contributed by atoms with E-state index in [1.807, 2.05) is 16.3 Å². The van der Waals surface area contributed by atoms with Gasteiger partial charge in [-0.15, -0.1) is 11.3 Å². The van der Waals surface area contributed by atoms with Crippen LogP contribution in [-0.2, 0) is 0 Å². The van der Waals surface area contributed by atoms with Gasteiger partial charge in [-0.1, -0.05) is 18.8 Å². The first-order valence-corrected chi connectivity index (χ1v) is 7.63. The van der Waals surface area contributed by atoms with E-state index >= 15 is 0 Å². The Balaban J connectivity index is 2.06. The molecule has 19 heavy (non-hydrogen) atoms. The van der Waals surface area contributed by atoms with E-state index < -0.39 is 0 Å². The zero-order chi connectivity index (χ0) is 13.7. The van der Waals surface area contributed by atoms with Crippen LogP contribution in [0.15, 0.2) is 11.4 Å². The van der Waals surface area contributed by atoms with Crippen molar-refractivity contribution in [2.24, 2.45) is 0 Å². The summed E-state index contributed by atoms with van der Waals surface area (Å²) in [5.41, 5.74) is 0.749. The SMILES string of the molecule is CCC1CCCN1C(=O)c1csc(C#CCCO)c1. The van der Waals surface area contributed by atoms with Gasteiger partial charge in [0.2, 0.25) is 0 Å². The van der Waals surface area contributed by atoms with Crippen molar-refractivity contribution in [3.8, 4) is 11.8 Å². The van der Waals surface area contributed by atoms with Gasteiger partial charge in [-0.25, -0.2) is 0 Å². The Morgan fingerprint density at radius 1 is 1.63 bits per heavy atom. The summed E-state index contributed by atoms with van der Waals surface area (Å²) in [4.78, 5) is 15.3. The second kappa shape index (κ2) is 6.74. The quantitative estimate of drug-likeness (QED) is 0.862. The maximum atomic E-state index is 12.4. The smallest absolute Gasteiger partial charge is 0.254 e. The lowest BCUT2D eigenvalue weighted by molar-refractivity contribution is 0.0734. The summed E-state index contributed by atoms with van der Waals surface area (Å²) < 4.78 is 0. The number of carbonyl (C=O) groups excluding carboxylic acids is 1. The molecule has 1 amide bonds. The minimum atomic E-state index is 0.0795. The van der Waals surface area contributed by atoms with Gasteiger partial charge in [0.25, 0.3) is 5.91 Å². The molecule has 2 rings (SSSR count). The molecular weight excluding hydrogens is 258 g/mol. The summed E-state index contributed by atoms with van der Waals surface area (Å²) in [5, 5.41) is 10.6. The van der Waals surface area contributed by atoms with Crippen LogP contribution < -0.4 is 0 Å². The van der Waals surface area contributed by atoms with Crippen molar-refractivity contribution in [2.45, 2.75) is 38.6 Å². The summed E-state index contributed by atoms with van der Waals surface area (Å²) in [6.45, 7) is 3.09. The number of likely N-dealkylation sites (tertiary alicyclic amines) is 1. The van der Waals surface area contributed by atoms with Crippen LogP contribution in [0, 0.1) is 11.8 Å². The molecular formula is C15H19NO2S. The van der Waals surface area contributed by atoms with Crippen LogP contribution in [0.3, 0.4) is 0 Å². The number of carbonyl (C=O) groups is 1. The lowest BCUT2D eigenvalue weighted by Crippen LogP contribution is -2.34. The largest absolute Gasteiger partial charge is 0.395 e. The molecule has 0 saturated carbocycles. The van der Waals surface area contributed by atoms with E-state index in [2.05, 4.69) is 18.8 Å². The predicted octanol–water partition coefficient (Wildman–Crippen LogP) is 2.50. The van der Waals surface area contributed by atoms with E-state index in [0.29, 0.717) is 12.5 Å². The van der Waals surface area contributed by atoms with E-state index in [0.717, 1.165) is 36.2 Å². The minimum Gasteiger partial charge on any atom is -0.395 e. The van der Waals surface area contributed by atoms with Gasteiger partial charge in [0.1, 0.15) is 0 Å². The molecule has 0 aliphatic carbocycles. The van der Waals surface area contributed by atoms with Gasteiger partial charge < -0.3 is 10.0 Å². The van der Waals surface area contributed by atoms with Gasteiger partial charge in [0.05, 0.1) is 17.0 Å². The average Bonchev–Trinajstić information content (AvgIpc) is 3.07. The van der Waals surface area contributed by atoms with Crippen molar-refractivity contribution in [1.82, 2.24) is 4.90 Å². The maximum Gasteiger partial charge on any atom is 0.254 e. The molecule has 1 aliphatic heterocycles. The molecule has 4 heteroatoms. The van der Waals surface area contributed by atoms with Crippen LogP contribution in [0.1, 0.15) is 47.8 Å². The lowest BCUT2D eigenvalue weighted by Gasteiger charge is -2.23. The zero-order valence-corrected chi connectivity index (χ0v) is 12.0. The molecule has 1 saturated heterocycles. The third-order valence-electron chi connectivity index (χ3n) is 3.40. The van der Waals surface area contributed by atoms with Crippen LogP contribution >= 0.6 is 11.3 Å². The lowest BCUT2D eigenvalue weighted by atomic mass is 10.1. The normalized spacial score (nSPS) is 18.2. The maximum absolute atomic E-state index is 12.4. The first kappa shape index (κ1) is 14.1. The molecule has 2 heterocycles. The average molecular weight is 277 g/mol. The van der Waals surface area contributed by atoms with Crippen LogP contribution in [0.5, 0.6) is 0 Å². The molecule has 0 radical (unpaired) electrons. The van der Waals surface area contributed by atoms with Crippen molar-refractivity contribution in [3.63, 3.8) is 0 Å². The molecule has 1 unspecified atom stereocenters. The van der Waals surface area contributed by atoms with Crippen molar-refractivity contribution in [1.29, 1.82) is 0 Å². The van der Waals surface area contributed by atoms with Gasteiger partial charge in [0, 0.05) is 24.4 Å². The number of aliphatic hydroxyl groups is 1. The molecule has 0 aromatic carbocycles. The molecule has 1 aliphatic rings. The molecule has 0 spiro atoms. The Hall–Kier alpha value is -1.31. The van der Waals surface area contributed by atoms with Gasteiger partial charge in [-0.3, -0.25) is 4.79 Å². The fourth-order valence-corrected chi connectivity index (χ4v) is 3.16. The van der Waals surface area contributed by atoms with Crippen LogP contribution in [0.4, 0.5) is 0 Å². The number of thiophene rings is 1. The van der Waals surface area contributed by atoms with Gasteiger partial charge in [-0.05, 0) is 25.3 Å². The van der Waals surface area contributed by atoms with E-state index in [1.165, 1.54) is 11.3 Å². The summed E-state index contributed by atoms with van der Waals surface area (Å²) in [7, 11) is 0. The topological polar surface area (TPSA) is 40.5 Å². The summed E-state index contributed by atoms with van der Waals surface area (Å²) in [6, 6.07) is 2.26. The Bertz CT molecular complexity index is 498. The van der Waals surface area contributed by atoms with Crippen molar-refractivity contribution in [2.75, 3.05) is 13.2 Å². The number of amides is 1. The van der Waals surface area contributed by atoms with Gasteiger partial charge in [0.15, 0.2) is 0 Å². The molecule has 1 aromatic heterocycles. The minimum absolute atomic E-state index is 0.0795. The number of aliphatic hydroxyl groups excluding tert-OH is 1. The molecule has 3 nitrogen and oxygen atoms in total. The number of hydrogen-bond donors (Lipinski definition) is 1. The first-order chi connectivity index (χ1) is 9.26. The van der Waals surface area contributed by atoms with E-state index in [9.17, 15) is 4.79 Å². The molecule has 1 atom stereocenters. The van der Waals surface area contributed by atoms with Gasteiger partial charge >= 0.3 is 0 Å². The van der Waals surface area contributed by atoms with E-state index in [4.69, 9.17) is 5.11 Å². The Kier molecular flexibility index (Phi) is 5.00. The van der Waals surface area contributed by atoms with Crippen molar-refractivity contribution in [3.05, 3.63) is 21.9 Å². The Morgan fingerprint density at radius 2 is 2.47 bits per heavy atom. The van der Waals surface area contributed by atoms with Crippen molar-refractivity contribution >= 4 is 17.2 Å². The summed E-state index contributed by atoms with van der Waals surface area (Å²) in [5.74, 6) is 5.99. The highest BCUT2D eigenvalue weighted by Gasteiger charge is 2.28. The standard InChI is InChI=1S/C15H19NO2S/c1-2-13-6-5-8-16(13)15(18)12-10-14(19-11-12)7-3-4-9-17/h10-11,13,17H,2,4-6,8-9H2,1H3. The first-order valence-electron chi connectivity index (χ1n) is 6.75. The van der Waals surface area contributed by atoms with Crippen LogP contribution in [0.2, 0.25) is 0 Å². The second-order valence-electron chi connectivity index (χ2n) is 4.68. The molecule has 102 valence electrons.